The number of carbonyl (C=O) groups excluding carboxylic acids is 2. The third-order valence-corrected chi connectivity index (χ3v) is 3.67. The fourth-order valence-corrected chi connectivity index (χ4v) is 2.48. The lowest BCUT2D eigenvalue weighted by Gasteiger charge is -2.02. The molecule has 3 rings (SSSR count). The van der Waals surface area contributed by atoms with Gasteiger partial charge in [0, 0.05) is 12.0 Å². The van der Waals surface area contributed by atoms with E-state index in [0.29, 0.717) is 17.5 Å². The number of hydrogen-bond donors (Lipinski definition) is 0. The molecule has 5 nitrogen and oxygen atoms in total. The van der Waals surface area contributed by atoms with Crippen LogP contribution in [-0.4, -0.2) is 16.3 Å². The van der Waals surface area contributed by atoms with Gasteiger partial charge in [-0.25, -0.2) is 9.36 Å². The molecule has 0 unspecified atom stereocenters. The van der Waals surface area contributed by atoms with Crippen LogP contribution in [0.15, 0.2) is 57.7 Å². The maximum atomic E-state index is 12.4. The lowest BCUT2D eigenvalue weighted by molar-refractivity contribution is 0.0910. The number of fused-ring (bicyclic) bond motifs is 1. The molecule has 0 radical (unpaired) electrons. The molecule has 2 aromatic carbocycles. The number of hydrogen-bond acceptors (Lipinski definition) is 4. The van der Waals surface area contributed by atoms with Crippen LogP contribution in [0.5, 0.6) is 0 Å². The van der Waals surface area contributed by atoms with E-state index in [4.69, 9.17) is 4.42 Å². The molecule has 1 aromatic heterocycles. The zero-order chi connectivity index (χ0) is 16.4. The highest BCUT2D eigenvalue weighted by Gasteiger charge is 2.17. The minimum Gasteiger partial charge on any atom is -0.407 e. The van der Waals surface area contributed by atoms with Gasteiger partial charge in [0.15, 0.2) is 11.4 Å². The van der Waals surface area contributed by atoms with Gasteiger partial charge in [-0.1, -0.05) is 37.3 Å². The van der Waals surface area contributed by atoms with Crippen molar-refractivity contribution in [2.24, 2.45) is 0 Å². The first-order valence-electron chi connectivity index (χ1n) is 7.36. The Kier molecular flexibility index (Phi) is 3.93. The molecule has 0 spiro atoms. The van der Waals surface area contributed by atoms with Crippen molar-refractivity contribution < 1.29 is 14.0 Å². The minimum atomic E-state index is -0.734. The number of benzene rings is 2. The van der Waals surface area contributed by atoms with Gasteiger partial charge >= 0.3 is 5.76 Å². The van der Waals surface area contributed by atoms with E-state index in [0.717, 1.165) is 10.1 Å². The summed E-state index contributed by atoms with van der Waals surface area (Å²) in [6, 6.07) is 13.9. The van der Waals surface area contributed by atoms with E-state index in [1.165, 1.54) is 6.07 Å². The number of carbonyl (C=O) groups is 2. The summed E-state index contributed by atoms with van der Waals surface area (Å²) in [6.07, 6.45) is 0.467. The molecule has 0 bridgehead atoms. The second-order valence-electron chi connectivity index (χ2n) is 5.22. The first-order valence-corrected chi connectivity index (χ1v) is 7.36. The van der Waals surface area contributed by atoms with Crippen molar-refractivity contribution in [2.45, 2.75) is 19.8 Å². The van der Waals surface area contributed by atoms with Crippen LogP contribution in [0.2, 0.25) is 0 Å². The van der Waals surface area contributed by atoms with Crippen molar-refractivity contribution in [1.82, 2.24) is 4.57 Å². The Balaban J connectivity index is 2.01. The maximum Gasteiger partial charge on any atom is 0.426 e. The molecule has 0 atom stereocenters. The van der Waals surface area contributed by atoms with Gasteiger partial charge in [0.25, 0.3) is 0 Å². The number of nitrogens with zero attached hydrogens (tertiary/aromatic N) is 1. The van der Waals surface area contributed by atoms with Gasteiger partial charge in [-0.2, -0.15) is 0 Å². The van der Waals surface area contributed by atoms with Crippen LogP contribution >= 0.6 is 0 Å². The number of Topliss-reactive ketones (excluding diaryl/α,β-unsaturated/α-hetero) is 1. The highest BCUT2D eigenvalue weighted by molar-refractivity contribution is 5.99. The van der Waals surface area contributed by atoms with Crippen molar-refractivity contribution in [2.75, 3.05) is 0 Å². The van der Waals surface area contributed by atoms with E-state index in [9.17, 15) is 14.4 Å². The molecule has 0 fully saturated rings. The Hall–Kier alpha value is -2.95. The Morgan fingerprint density at radius 2 is 1.83 bits per heavy atom. The van der Waals surface area contributed by atoms with Crippen LogP contribution in [0.25, 0.3) is 11.1 Å². The quantitative estimate of drug-likeness (QED) is 0.694. The topological polar surface area (TPSA) is 69.3 Å². The second-order valence-corrected chi connectivity index (χ2v) is 5.22. The average molecular weight is 309 g/mol. The van der Waals surface area contributed by atoms with E-state index in [-0.39, 0.29) is 23.7 Å². The minimum absolute atomic E-state index is 0.0436. The predicted molar refractivity (Wildman–Crippen MR) is 85.9 cm³/mol. The lowest BCUT2D eigenvalue weighted by atomic mass is 10.1. The Morgan fingerprint density at radius 1 is 1.09 bits per heavy atom. The summed E-state index contributed by atoms with van der Waals surface area (Å²) in [5, 5.41) is 0. The number of aromatic nitrogens is 1. The zero-order valence-corrected chi connectivity index (χ0v) is 12.6. The predicted octanol–water partition coefficient (Wildman–Crippen LogP) is 3.07. The third kappa shape index (κ3) is 2.85. The van der Waals surface area contributed by atoms with E-state index in [2.05, 4.69) is 0 Å². The summed E-state index contributed by atoms with van der Waals surface area (Å²) < 4.78 is 6.14. The molecule has 116 valence electrons. The van der Waals surface area contributed by atoms with Crippen LogP contribution < -0.4 is 5.76 Å². The summed E-state index contributed by atoms with van der Waals surface area (Å²) >= 11 is 0. The van der Waals surface area contributed by atoms with Crippen LogP contribution in [0.1, 0.15) is 34.1 Å². The van der Waals surface area contributed by atoms with Crippen molar-refractivity contribution >= 4 is 22.8 Å². The molecule has 0 aliphatic heterocycles. The van der Waals surface area contributed by atoms with Crippen molar-refractivity contribution in [3.05, 3.63) is 70.2 Å². The molecular weight excluding hydrogens is 294 g/mol. The van der Waals surface area contributed by atoms with Crippen LogP contribution in [0.3, 0.4) is 0 Å². The monoisotopic (exact) mass is 309 g/mol. The molecule has 0 amide bonds. The Bertz CT molecular complexity index is 935. The van der Waals surface area contributed by atoms with E-state index in [1.54, 1.807) is 19.1 Å². The highest BCUT2D eigenvalue weighted by Crippen LogP contribution is 2.17. The van der Waals surface area contributed by atoms with Gasteiger partial charge in [-0.3, -0.25) is 9.59 Å². The van der Waals surface area contributed by atoms with Crippen LogP contribution in [0, 0.1) is 0 Å². The molecule has 3 aromatic rings. The normalized spacial score (nSPS) is 10.8. The molecule has 0 N–H and O–H groups in total. The second kappa shape index (κ2) is 6.04. The third-order valence-electron chi connectivity index (χ3n) is 3.67. The molecule has 5 heteroatoms. The summed E-state index contributed by atoms with van der Waals surface area (Å²) in [5.74, 6) is -1.14. The molecule has 0 saturated carbocycles. The largest absolute Gasteiger partial charge is 0.426 e. The summed E-state index contributed by atoms with van der Waals surface area (Å²) in [4.78, 5) is 36.2. The lowest BCUT2D eigenvalue weighted by Crippen LogP contribution is -2.24. The SMILES string of the molecule is CCC(=O)c1ccc2c(c1)oc(=O)n2C(=O)Cc1ccccc1. The summed E-state index contributed by atoms with van der Waals surface area (Å²) in [5.41, 5.74) is 1.91. The van der Waals surface area contributed by atoms with Crippen molar-refractivity contribution in [1.29, 1.82) is 0 Å². The van der Waals surface area contributed by atoms with Gasteiger partial charge in [0.2, 0.25) is 5.91 Å². The Labute approximate surface area is 132 Å². The van der Waals surface area contributed by atoms with Gasteiger partial charge in [-0.05, 0) is 23.8 Å². The highest BCUT2D eigenvalue weighted by atomic mass is 16.4. The van der Waals surface area contributed by atoms with Crippen LogP contribution in [-0.2, 0) is 6.42 Å². The fourth-order valence-electron chi connectivity index (χ4n) is 2.48. The number of ketones is 1. The van der Waals surface area contributed by atoms with E-state index < -0.39 is 5.76 Å². The standard InChI is InChI=1S/C18H15NO4/c1-2-15(20)13-8-9-14-16(11-13)23-18(22)19(14)17(21)10-12-6-4-3-5-7-12/h3-9,11H,2,10H2,1H3. The van der Waals surface area contributed by atoms with Crippen molar-refractivity contribution in [3.8, 4) is 0 Å². The molecule has 23 heavy (non-hydrogen) atoms. The van der Waals surface area contributed by atoms with Crippen LogP contribution in [0.4, 0.5) is 0 Å². The van der Waals surface area contributed by atoms with E-state index in [1.807, 2.05) is 30.3 Å². The molecular formula is C18H15NO4. The molecule has 1 heterocycles. The van der Waals surface area contributed by atoms with Gasteiger partial charge in [0.05, 0.1) is 11.9 Å². The molecule has 0 aliphatic rings. The average Bonchev–Trinajstić information content (AvgIpc) is 2.89. The molecule has 0 aliphatic carbocycles. The number of oxazole rings is 1. The Morgan fingerprint density at radius 3 is 2.52 bits per heavy atom. The van der Waals surface area contributed by atoms with Crippen molar-refractivity contribution in [3.63, 3.8) is 0 Å². The fraction of sp³-hybridized carbons (Fsp3) is 0.167. The smallest absolute Gasteiger partial charge is 0.407 e. The summed E-state index contributed by atoms with van der Waals surface area (Å²) in [7, 11) is 0. The first kappa shape index (κ1) is 15.0. The van der Waals surface area contributed by atoms with Gasteiger partial charge < -0.3 is 4.42 Å². The molecule has 0 saturated heterocycles. The number of rotatable bonds is 4. The van der Waals surface area contributed by atoms with Gasteiger partial charge in [0.1, 0.15) is 0 Å². The van der Waals surface area contributed by atoms with Gasteiger partial charge in [-0.15, -0.1) is 0 Å². The maximum absolute atomic E-state index is 12.4. The summed E-state index contributed by atoms with van der Waals surface area (Å²) in [6.45, 7) is 1.76. The van der Waals surface area contributed by atoms with E-state index >= 15 is 0 Å². The zero-order valence-electron chi connectivity index (χ0n) is 12.6. The first-order chi connectivity index (χ1) is 11.1.